The van der Waals surface area contributed by atoms with Crippen LogP contribution in [0.2, 0.25) is 10.0 Å². The minimum atomic E-state index is -0.593. The van der Waals surface area contributed by atoms with Crippen molar-refractivity contribution in [3.63, 3.8) is 0 Å². The van der Waals surface area contributed by atoms with Gasteiger partial charge in [-0.2, -0.15) is 5.26 Å². The summed E-state index contributed by atoms with van der Waals surface area (Å²) in [6, 6.07) is 27.5. The topological polar surface area (TPSA) is 71.3 Å². The highest BCUT2D eigenvalue weighted by atomic mass is 35.5. The summed E-state index contributed by atoms with van der Waals surface area (Å²) in [5.41, 5.74) is 2.45. The van der Waals surface area contributed by atoms with E-state index < -0.39 is 5.91 Å². The van der Waals surface area contributed by atoms with Crippen molar-refractivity contribution in [3.05, 3.63) is 129 Å². The molecule has 1 N–H and O–H groups in total. The van der Waals surface area contributed by atoms with Gasteiger partial charge in [0, 0.05) is 5.69 Å². The third-order valence-electron chi connectivity index (χ3n) is 5.33. The zero-order valence-corrected chi connectivity index (χ0v) is 21.5. The fraction of sp³-hybridized carbons (Fsp3) is 0.0667. The van der Waals surface area contributed by atoms with E-state index >= 15 is 0 Å². The highest BCUT2D eigenvalue weighted by Gasteiger charge is 2.13. The third-order valence-corrected chi connectivity index (χ3v) is 5.89. The average Bonchev–Trinajstić information content (AvgIpc) is 2.91. The number of halogens is 3. The van der Waals surface area contributed by atoms with Gasteiger partial charge in [0.2, 0.25) is 0 Å². The molecule has 0 heterocycles. The van der Waals surface area contributed by atoms with Crippen LogP contribution in [0.25, 0.3) is 6.08 Å². The molecule has 0 aliphatic heterocycles. The Hall–Kier alpha value is -4.31. The van der Waals surface area contributed by atoms with Gasteiger partial charge in [0.25, 0.3) is 5.91 Å². The van der Waals surface area contributed by atoms with E-state index in [1.165, 1.54) is 30.3 Å². The van der Waals surface area contributed by atoms with Gasteiger partial charge in [0.15, 0.2) is 5.75 Å². The smallest absolute Gasteiger partial charge is 0.266 e. The number of carbonyl (C=O) groups is 1. The van der Waals surface area contributed by atoms with Crippen LogP contribution in [0.5, 0.6) is 11.5 Å². The Balaban J connectivity index is 1.39. The van der Waals surface area contributed by atoms with E-state index in [9.17, 15) is 14.4 Å². The number of rotatable bonds is 9. The number of nitrogens with zero attached hydrogens (tertiary/aromatic N) is 1. The van der Waals surface area contributed by atoms with Crippen LogP contribution in [-0.2, 0) is 18.0 Å². The first kappa shape index (κ1) is 26.7. The quantitative estimate of drug-likeness (QED) is 0.171. The summed E-state index contributed by atoms with van der Waals surface area (Å²) in [5.74, 6) is -0.110. The monoisotopic (exact) mass is 546 g/mol. The number of amides is 1. The van der Waals surface area contributed by atoms with E-state index in [0.29, 0.717) is 29.2 Å². The maximum atomic E-state index is 13.4. The molecular formula is C30H21Cl2FN2O3. The Bertz CT molecular complexity index is 1480. The Labute approximate surface area is 229 Å². The lowest BCUT2D eigenvalue weighted by Gasteiger charge is -2.11. The van der Waals surface area contributed by atoms with E-state index in [2.05, 4.69) is 5.32 Å². The highest BCUT2D eigenvalue weighted by molar-refractivity contribution is 6.37. The van der Waals surface area contributed by atoms with Gasteiger partial charge < -0.3 is 14.8 Å². The largest absolute Gasteiger partial charge is 0.489 e. The predicted octanol–water partition coefficient (Wildman–Crippen LogP) is 7.84. The Morgan fingerprint density at radius 3 is 2.18 bits per heavy atom. The summed E-state index contributed by atoms with van der Waals surface area (Å²) < 4.78 is 24.8. The van der Waals surface area contributed by atoms with Gasteiger partial charge in [-0.1, -0.05) is 65.7 Å². The Kier molecular flexibility index (Phi) is 8.99. The van der Waals surface area contributed by atoms with Crippen molar-refractivity contribution in [1.29, 1.82) is 5.26 Å². The van der Waals surface area contributed by atoms with Gasteiger partial charge in [-0.15, -0.1) is 0 Å². The second-order valence-electron chi connectivity index (χ2n) is 8.15. The molecule has 4 aromatic rings. The van der Waals surface area contributed by atoms with Crippen molar-refractivity contribution in [2.45, 2.75) is 13.2 Å². The molecule has 1 amide bonds. The molecule has 0 saturated carbocycles. The van der Waals surface area contributed by atoms with Crippen LogP contribution in [0.1, 0.15) is 16.7 Å². The van der Waals surface area contributed by atoms with Crippen molar-refractivity contribution in [2.24, 2.45) is 0 Å². The summed E-state index contributed by atoms with van der Waals surface area (Å²) in [7, 11) is 0. The molecule has 0 saturated heterocycles. The van der Waals surface area contributed by atoms with Crippen LogP contribution in [0.3, 0.4) is 0 Å². The Morgan fingerprint density at radius 1 is 0.868 bits per heavy atom. The molecule has 0 aliphatic rings. The van der Waals surface area contributed by atoms with Crippen LogP contribution in [0.15, 0.2) is 96.6 Å². The molecular weight excluding hydrogens is 526 g/mol. The number of ether oxygens (including phenoxy) is 2. The van der Waals surface area contributed by atoms with E-state index in [1.54, 1.807) is 36.4 Å². The van der Waals surface area contributed by atoms with Crippen LogP contribution in [-0.4, -0.2) is 5.91 Å². The number of nitriles is 1. The first-order chi connectivity index (χ1) is 18.4. The van der Waals surface area contributed by atoms with Crippen LogP contribution in [0.4, 0.5) is 10.1 Å². The maximum absolute atomic E-state index is 13.4. The van der Waals surface area contributed by atoms with Gasteiger partial charge in [-0.05, 0) is 71.3 Å². The molecule has 0 aliphatic carbocycles. The number of nitrogens with one attached hydrogen (secondary N) is 1. The van der Waals surface area contributed by atoms with Gasteiger partial charge in [-0.25, -0.2) is 4.39 Å². The number of hydrogen-bond acceptors (Lipinski definition) is 4. The van der Waals surface area contributed by atoms with Crippen LogP contribution < -0.4 is 14.8 Å². The van der Waals surface area contributed by atoms with Gasteiger partial charge >= 0.3 is 0 Å². The van der Waals surface area contributed by atoms with Gasteiger partial charge in [0.05, 0.1) is 10.0 Å². The molecule has 0 bridgehead atoms. The molecule has 0 spiro atoms. The molecule has 8 heteroatoms. The maximum Gasteiger partial charge on any atom is 0.266 e. The molecule has 4 aromatic carbocycles. The summed E-state index contributed by atoms with van der Waals surface area (Å²) in [6.45, 7) is 0.488. The van der Waals surface area contributed by atoms with E-state index in [1.807, 2.05) is 36.4 Å². The summed E-state index contributed by atoms with van der Waals surface area (Å²) in [4.78, 5) is 12.7. The molecule has 4 rings (SSSR count). The lowest BCUT2D eigenvalue weighted by molar-refractivity contribution is -0.112. The predicted molar refractivity (Wildman–Crippen MR) is 147 cm³/mol. The second-order valence-corrected chi connectivity index (χ2v) is 8.97. The minimum absolute atomic E-state index is 0.0638. The molecule has 5 nitrogen and oxygen atoms in total. The molecule has 38 heavy (non-hydrogen) atoms. The van der Waals surface area contributed by atoms with E-state index in [0.717, 1.165) is 5.56 Å². The fourth-order valence-electron chi connectivity index (χ4n) is 3.47. The van der Waals surface area contributed by atoms with Crippen molar-refractivity contribution >= 4 is 40.9 Å². The van der Waals surface area contributed by atoms with Crippen LogP contribution in [0, 0.1) is 17.1 Å². The van der Waals surface area contributed by atoms with E-state index in [4.69, 9.17) is 32.7 Å². The highest BCUT2D eigenvalue weighted by Crippen LogP contribution is 2.35. The van der Waals surface area contributed by atoms with Crippen molar-refractivity contribution in [1.82, 2.24) is 0 Å². The molecule has 0 aromatic heterocycles. The summed E-state index contributed by atoms with van der Waals surface area (Å²) in [5, 5.41) is 12.6. The van der Waals surface area contributed by atoms with Gasteiger partial charge in [0.1, 0.15) is 36.4 Å². The Morgan fingerprint density at radius 2 is 1.53 bits per heavy atom. The first-order valence-electron chi connectivity index (χ1n) is 11.5. The molecule has 0 fully saturated rings. The normalized spacial score (nSPS) is 10.9. The fourth-order valence-corrected chi connectivity index (χ4v) is 4.09. The molecule has 0 atom stereocenters. The zero-order valence-electron chi connectivity index (χ0n) is 20.0. The lowest BCUT2D eigenvalue weighted by Crippen LogP contribution is -2.13. The second kappa shape index (κ2) is 12.8. The summed E-state index contributed by atoms with van der Waals surface area (Å²) in [6.07, 6.45) is 1.38. The minimum Gasteiger partial charge on any atom is -0.489 e. The lowest BCUT2D eigenvalue weighted by atomic mass is 10.1. The number of anilines is 1. The first-order valence-corrected chi connectivity index (χ1v) is 12.2. The zero-order chi connectivity index (χ0) is 26.9. The standard InChI is InChI=1S/C30H21Cl2FN2O3/c31-27-15-22(16-28(32)29(27)38-19-21-7-4-8-24(33)14-21)13-23(17-34)30(36)35-25-9-11-26(12-10-25)37-18-20-5-2-1-3-6-20/h1-16H,18-19H2,(H,35,36)/b23-13+. The SMILES string of the molecule is N#C/C(=C\c1cc(Cl)c(OCc2cccc(F)c2)c(Cl)c1)C(=O)Nc1ccc(OCc2ccccc2)cc1. The number of benzene rings is 4. The molecule has 0 radical (unpaired) electrons. The van der Waals surface area contributed by atoms with Crippen LogP contribution >= 0.6 is 23.2 Å². The summed E-state index contributed by atoms with van der Waals surface area (Å²) >= 11 is 12.7. The average molecular weight is 547 g/mol. The van der Waals surface area contributed by atoms with Crippen molar-refractivity contribution in [3.8, 4) is 17.6 Å². The van der Waals surface area contributed by atoms with E-state index in [-0.39, 0.29) is 33.8 Å². The number of carbonyl (C=O) groups excluding carboxylic acids is 1. The van der Waals surface area contributed by atoms with Gasteiger partial charge in [-0.3, -0.25) is 4.79 Å². The van der Waals surface area contributed by atoms with Crippen molar-refractivity contribution < 1.29 is 18.7 Å². The van der Waals surface area contributed by atoms with Crippen molar-refractivity contribution in [2.75, 3.05) is 5.32 Å². The molecule has 190 valence electrons. The molecule has 0 unspecified atom stereocenters. The number of hydrogen-bond donors (Lipinski definition) is 1. The third kappa shape index (κ3) is 7.36.